The zero-order chi connectivity index (χ0) is 14.8. The molecule has 3 heteroatoms. The van der Waals surface area contributed by atoms with E-state index in [0.717, 1.165) is 12.2 Å². The van der Waals surface area contributed by atoms with Gasteiger partial charge < -0.3 is 5.73 Å². The Balaban J connectivity index is 1.85. The molecule has 1 unspecified atom stereocenters. The second-order valence-electron chi connectivity index (χ2n) is 5.50. The Morgan fingerprint density at radius 1 is 1.10 bits per heavy atom. The maximum Gasteiger partial charge on any atom is 0.0413 e. The Labute approximate surface area is 129 Å². The largest absolute Gasteiger partial charge is 0.398 e. The van der Waals surface area contributed by atoms with Crippen molar-refractivity contribution < 1.29 is 0 Å². The van der Waals surface area contributed by atoms with E-state index < -0.39 is 0 Å². The highest BCUT2D eigenvalue weighted by Gasteiger charge is 2.14. The fourth-order valence-electron chi connectivity index (χ4n) is 2.59. The molecule has 0 aliphatic rings. The Kier molecular flexibility index (Phi) is 3.95. The van der Waals surface area contributed by atoms with Crippen molar-refractivity contribution in [2.24, 2.45) is 0 Å². The highest BCUT2D eigenvalue weighted by atomic mass is 32.1. The van der Waals surface area contributed by atoms with Crippen LogP contribution in [0.25, 0.3) is 10.8 Å². The first kappa shape index (κ1) is 14.1. The van der Waals surface area contributed by atoms with Crippen LogP contribution in [0.15, 0.2) is 53.9 Å². The van der Waals surface area contributed by atoms with Crippen molar-refractivity contribution in [3.05, 3.63) is 64.4 Å². The number of nitrogens with zero attached hydrogens (tertiary/aromatic N) is 1. The Hall–Kier alpha value is -1.84. The van der Waals surface area contributed by atoms with Gasteiger partial charge in [0.2, 0.25) is 0 Å². The van der Waals surface area contributed by atoms with Gasteiger partial charge in [-0.05, 0) is 53.9 Å². The van der Waals surface area contributed by atoms with Gasteiger partial charge in [-0.1, -0.05) is 30.3 Å². The van der Waals surface area contributed by atoms with E-state index >= 15 is 0 Å². The first-order valence-electron chi connectivity index (χ1n) is 7.16. The zero-order valence-electron chi connectivity index (χ0n) is 12.4. The summed E-state index contributed by atoms with van der Waals surface area (Å²) in [5.74, 6) is 0. The van der Waals surface area contributed by atoms with Crippen LogP contribution in [-0.4, -0.2) is 11.9 Å². The molecule has 1 heterocycles. The average Bonchev–Trinajstić information content (AvgIpc) is 3.01. The summed E-state index contributed by atoms with van der Waals surface area (Å²) in [6, 6.07) is 17.3. The number of rotatable bonds is 4. The Bertz CT molecular complexity index is 734. The van der Waals surface area contributed by atoms with E-state index in [1.807, 2.05) is 6.07 Å². The Morgan fingerprint density at radius 3 is 2.48 bits per heavy atom. The predicted molar refractivity (Wildman–Crippen MR) is 92.6 cm³/mol. The molecule has 0 fully saturated rings. The third-order valence-corrected chi connectivity index (χ3v) is 5.09. The van der Waals surface area contributed by atoms with Crippen molar-refractivity contribution in [3.8, 4) is 0 Å². The molecule has 3 rings (SSSR count). The van der Waals surface area contributed by atoms with Crippen molar-refractivity contribution in [2.75, 3.05) is 12.8 Å². The minimum absolute atomic E-state index is 0.399. The summed E-state index contributed by atoms with van der Waals surface area (Å²) >= 11 is 1.80. The number of nitrogens with two attached hydrogens (primary N) is 1. The number of hydrogen-bond acceptors (Lipinski definition) is 3. The van der Waals surface area contributed by atoms with Crippen LogP contribution in [-0.2, 0) is 6.54 Å². The summed E-state index contributed by atoms with van der Waals surface area (Å²) in [5, 5.41) is 4.58. The van der Waals surface area contributed by atoms with Gasteiger partial charge in [-0.2, -0.15) is 0 Å². The standard InChI is InChI=1S/C18H20N2S/c1-13(18-8-5-9-21-18)20(2)12-16-10-14-6-3-4-7-15(14)11-17(16)19/h3-11,13H,12,19H2,1-2H3. The van der Waals surface area contributed by atoms with Crippen molar-refractivity contribution in [2.45, 2.75) is 19.5 Å². The molecule has 2 N–H and O–H groups in total. The van der Waals surface area contributed by atoms with Crippen LogP contribution < -0.4 is 5.73 Å². The number of anilines is 1. The molecular formula is C18H20N2S. The monoisotopic (exact) mass is 296 g/mol. The van der Waals surface area contributed by atoms with Crippen molar-refractivity contribution >= 4 is 27.8 Å². The van der Waals surface area contributed by atoms with E-state index in [4.69, 9.17) is 5.73 Å². The summed E-state index contributed by atoms with van der Waals surface area (Å²) in [5.41, 5.74) is 8.30. The summed E-state index contributed by atoms with van der Waals surface area (Å²) in [7, 11) is 2.15. The number of benzene rings is 2. The first-order valence-corrected chi connectivity index (χ1v) is 8.04. The third-order valence-electron chi connectivity index (χ3n) is 4.04. The van der Waals surface area contributed by atoms with Crippen LogP contribution >= 0.6 is 11.3 Å². The highest BCUT2D eigenvalue weighted by molar-refractivity contribution is 7.10. The van der Waals surface area contributed by atoms with E-state index in [1.165, 1.54) is 21.2 Å². The third kappa shape index (κ3) is 2.94. The van der Waals surface area contributed by atoms with Gasteiger partial charge in [0.05, 0.1) is 0 Å². The van der Waals surface area contributed by atoms with E-state index in [0.29, 0.717) is 6.04 Å². The topological polar surface area (TPSA) is 29.3 Å². The summed E-state index contributed by atoms with van der Waals surface area (Å²) in [6.07, 6.45) is 0. The molecule has 0 spiro atoms. The molecule has 2 aromatic carbocycles. The molecule has 2 nitrogen and oxygen atoms in total. The lowest BCUT2D eigenvalue weighted by molar-refractivity contribution is 0.257. The molecular weight excluding hydrogens is 276 g/mol. The number of fused-ring (bicyclic) bond motifs is 1. The quantitative estimate of drug-likeness (QED) is 0.708. The Morgan fingerprint density at radius 2 is 1.81 bits per heavy atom. The number of nitrogen functional groups attached to an aromatic ring is 1. The van der Waals surface area contributed by atoms with Crippen LogP contribution in [0.1, 0.15) is 23.4 Å². The minimum Gasteiger partial charge on any atom is -0.398 e. The smallest absolute Gasteiger partial charge is 0.0413 e. The summed E-state index contributed by atoms with van der Waals surface area (Å²) in [4.78, 5) is 3.73. The molecule has 0 aliphatic heterocycles. The van der Waals surface area contributed by atoms with E-state index in [1.54, 1.807) is 11.3 Å². The van der Waals surface area contributed by atoms with Gasteiger partial charge in [-0.25, -0.2) is 0 Å². The lowest BCUT2D eigenvalue weighted by Gasteiger charge is -2.24. The van der Waals surface area contributed by atoms with Crippen LogP contribution in [0.5, 0.6) is 0 Å². The van der Waals surface area contributed by atoms with Gasteiger partial charge in [0, 0.05) is 23.2 Å². The molecule has 0 saturated heterocycles. The highest BCUT2D eigenvalue weighted by Crippen LogP contribution is 2.28. The van der Waals surface area contributed by atoms with Gasteiger partial charge >= 0.3 is 0 Å². The summed E-state index contributed by atoms with van der Waals surface area (Å²) in [6.45, 7) is 3.10. The second-order valence-corrected chi connectivity index (χ2v) is 6.48. The summed E-state index contributed by atoms with van der Waals surface area (Å²) < 4.78 is 0. The maximum atomic E-state index is 6.23. The van der Waals surface area contributed by atoms with Crippen LogP contribution in [0.2, 0.25) is 0 Å². The van der Waals surface area contributed by atoms with E-state index in [-0.39, 0.29) is 0 Å². The fraction of sp³-hybridized carbons (Fsp3) is 0.222. The second kappa shape index (κ2) is 5.88. The van der Waals surface area contributed by atoms with Crippen LogP contribution in [0, 0.1) is 0 Å². The van der Waals surface area contributed by atoms with Crippen LogP contribution in [0.3, 0.4) is 0 Å². The lowest BCUT2D eigenvalue weighted by atomic mass is 10.0. The molecule has 0 amide bonds. The molecule has 3 aromatic rings. The average molecular weight is 296 g/mol. The van der Waals surface area contributed by atoms with Crippen molar-refractivity contribution in [3.63, 3.8) is 0 Å². The first-order chi connectivity index (χ1) is 10.1. The van der Waals surface area contributed by atoms with Gasteiger partial charge in [-0.15, -0.1) is 11.3 Å². The number of hydrogen-bond donors (Lipinski definition) is 1. The SMILES string of the molecule is CC(c1cccs1)N(C)Cc1cc2ccccc2cc1N. The van der Waals surface area contributed by atoms with Crippen molar-refractivity contribution in [1.82, 2.24) is 4.90 Å². The van der Waals surface area contributed by atoms with Gasteiger partial charge in [0.1, 0.15) is 0 Å². The molecule has 21 heavy (non-hydrogen) atoms. The minimum atomic E-state index is 0.399. The molecule has 0 radical (unpaired) electrons. The van der Waals surface area contributed by atoms with E-state index in [2.05, 4.69) is 66.7 Å². The molecule has 108 valence electrons. The zero-order valence-corrected chi connectivity index (χ0v) is 13.2. The van der Waals surface area contributed by atoms with E-state index in [9.17, 15) is 0 Å². The van der Waals surface area contributed by atoms with Crippen LogP contribution in [0.4, 0.5) is 5.69 Å². The molecule has 0 aliphatic carbocycles. The molecule has 0 bridgehead atoms. The van der Waals surface area contributed by atoms with Gasteiger partial charge in [-0.3, -0.25) is 4.90 Å². The molecule has 1 atom stereocenters. The van der Waals surface area contributed by atoms with Gasteiger partial charge in [0.15, 0.2) is 0 Å². The predicted octanol–water partition coefficient (Wildman–Crippen LogP) is 4.68. The molecule has 1 aromatic heterocycles. The van der Waals surface area contributed by atoms with Gasteiger partial charge in [0.25, 0.3) is 0 Å². The fourth-order valence-corrected chi connectivity index (χ4v) is 3.44. The number of thiophene rings is 1. The lowest BCUT2D eigenvalue weighted by Crippen LogP contribution is -2.21. The normalized spacial score (nSPS) is 12.9. The van der Waals surface area contributed by atoms with Crippen molar-refractivity contribution in [1.29, 1.82) is 0 Å². The molecule has 0 saturated carbocycles. The maximum absolute atomic E-state index is 6.23.